The van der Waals surface area contributed by atoms with Gasteiger partial charge in [-0.05, 0) is 37.3 Å². The van der Waals surface area contributed by atoms with E-state index in [0.29, 0.717) is 54.5 Å². The topological polar surface area (TPSA) is 91.8 Å². The number of hydrogen-bond acceptors (Lipinski definition) is 4. The number of amides is 2. The van der Waals surface area contributed by atoms with E-state index in [-0.39, 0.29) is 5.91 Å². The van der Waals surface area contributed by atoms with Crippen LogP contribution in [0.3, 0.4) is 0 Å². The number of anilines is 1. The summed E-state index contributed by atoms with van der Waals surface area (Å²) in [6.07, 6.45) is 4.25. The molecule has 164 valence electrons. The molecule has 1 atom stereocenters. The molecule has 3 heterocycles. The van der Waals surface area contributed by atoms with E-state index in [1.807, 2.05) is 0 Å². The van der Waals surface area contributed by atoms with E-state index >= 15 is 0 Å². The molecule has 1 unspecified atom stereocenters. The van der Waals surface area contributed by atoms with E-state index in [4.69, 9.17) is 9.84 Å². The number of benzene rings is 1. The van der Waals surface area contributed by atoms with Crippen molar-refractivity contribution in [3.05, 3.63) is 53.5 Å². The molecule has 0 aliphatic carbocycles. The third-order valence-electron chi connectivity index (χ3n) is 6.56. The zero-order chi connectivity index (χ0) is 22.0. The molecule has 1 saturated heterocycles. The lowest BCUT2D eigenvalue weighted by molar-refractivity contribution is -0.119. The van der Waals surface area contributed by atoms with Crippen molar-refractivity contribution >= 4 is 17.8 Å². The summed E-state index contributed by atoms with van der Waals surface area (Å²) in [4.78, 5) is 30.1. The smallest absolute Gasteiger partial charge is 0.407 e. The summed E-state index contributed by atoms with van der Waals surface area (Å²) >= 11 is 0. The van der Waals surface area contributed by atoms with Crippen LogP contribution in [0.4, 0.5) is 15.0 Å². The summed E-state index contributed by atoms with van der Waals surface area (Å²) in [5, 5.41) is 12.0. The van der Waals surface area contributed by atoms with Gasteiger partial charge in [0.15, 0.2) is 0 Å². The molecule has 2 aliphatic rings. The van der Waals surface area contributed by atoms with Crippen LogP contribution in [-0.2, 0) is 10.2 Å². The van der Waals surface area contributed by atoms with Gasteiger partial charge in [0.1, 0.15) is 22.8 Å². The van der Waals surface area contributed by atoms with Crippen LogP contribution in [-0.4, -0.2) is 47.2 Å². The van der Waals surface area contributed by atoms with Crippen molar-refractivity contribution in [2.24, 2.45) is 5.92 Å². The predicted octanol–water partition coefficient (Wildman–Crippen LogP) is 4.03. The highest BCUT2D eigenvalue weighted by Crippen LogP contribution is 2.47. The van der Waals surface area contributed by atoms with Gasteiger partial charge in [-0.3, -0.25) is 4.79 Å². The van der Waals surface area contributed by atoms with Gasteiger partial charge in [-0.1, -0.05) is 31.0 Å². The molecule has 8 heteroatoms. The number of halogens is 1. The average Bonchev–Trinajstić information content (AvgIpc) is 3.05. The first-order valence-electron chi connectivity index (χ1n) is 10.5. The lowest BCUT2D eigenvalue weighted by atomic mass is 9.71. The first-order valence-corrected chi connectivity index (χ1v) is 10.5. The number of carboxylic acid groups (broad SMARTS) is 1. The minimum Gasteiger partial charge on any atom is -0.495 e. The number of nitrogens with one attached hydrogen (secondary N) is 1. The Labute approximate surface area is 180 Å². The third kappa shape index (κ3) is 3.82. The molecule has 1 fully saturated rings. The van der Waals surface area contributed by atoms with Gasteiger partial charge in [0, 0.05) is 24.2 Å². The second-order valence-electron chi connectivity index (χ2n) is 8.22. The highest BCUT2D eigenvalue weighted by atomic mass is 19.1. The maximum atomic E-state index is 14.9. The highest BCUT2D eigenvalue weighted by Gasteiger charge is 2.50. The molecule has 0 spiro atoms. The number of ether oxygens (including phenoxy) is 1. The Morgan fingerprint density at radius 1 is 1.32 bits per heavy atom. The second kappa shape index (κ2) is 8.53. The number of pyridine rings is 1. The van der Waals surface area contributed by atoms with Gasteiger partial charge in [0.25, 0.3) is 0 Å². The van der Waals surface area contributed by atoms with E-state index < -0.39 is 17.3 Å². The van der Waals surface area contributed by atoms with Crippen molar-refractivity contribution in [2.75, 3.05) is 25.5 Å². The minimum absolute atomic E-state index is 0.283. The molecule has 31 heavy (non-hydrogen) atoms. The molecule has 0 bridgehead atoms. The van der Waals surface area contributed by atoms with Crippen LogP contribution in [0.1, 0.15) is 43.2 Å². The van der Waals surface area contributed by atoms with Crippen LogP contribution < -0.4 is 10.1 Å². The maximum Gasteiger partial charge on any atom is 0.407 e. The molecule has 0 saturated carbocycles. The van der Waals surface area contributed by atoms with Crippen molar-refractivity contribution in [2.45, 2.75) is 37.5 Å². The average molecular weight is 427 g/mol. The SMILES string of the molecule is COc1cnc2c(c1)C(CCCC1CCN(C(=O)O)CC1)(c1ccccc1F)C(=O)N2. The Morgan fingerprint density at radius 3 is 2.74 bits per heavy atom. The zero-order valence-electron chi connectivity index (χ0n) is 17.4. The van der Waals surface area contributed by atoms with E-state index in [1.165, 1.54) is 24.3 Å². The van der Waals surface area contributed by atoms with Crippen molar-refractivity contribution < 1.29 is 23.8 Å². The molecule has 0 radical (unpaired) electrons. The monoisotopic (exact) mass is 427 g/mol. The van der Waals surface area contributed by atoms with Gasteiger partial charge in [0.05, 0.1) is 13.3 Å². The molecule has 1 aromatic carbocycles. The second-order valence-corrected chi connectivity index (χ2v) is 8.22. The Bertz CT molecular complexity index is 991. The Kier molecular flexibility index (Phi) is 5.80. The largest absolute Gasteiger partial charge is 0.495 e. The van der Waals surface area contributed by atoms with E-state index in [2.05, 4.69) is 10.3 Å². The van der Waals surface area contributed by atoms with Crippen LogP contribution >= 0.6 is 0 Å². The van der Waals surface area contributed by atoms with Gasteiger partial charge >= 0.3 is 6.09 Å². The summed E-state index contributed by atoms with van der Waals surface area (Å²) in [6, 6.07) is 8.14. The van der Waals surface area contributed by atoms with E-state index in [1.54, 1.807) is 24.3 Å². The molecule has 2 aliphatic heterocycles. The summed E-state index contributed by atoms with van der Waals surface area (Å²) in [7, 11) is 1.53. The number of carbonyl (C=O) groups excluding carboxylic acids is 1. The fourth-order valence-electron chi connectivity index (χ4n) is 4.85. The van der Waals surface area contributed by atoms with Crippen LogP contribution in [0.5, 0.6) is 5.75 Å². The Hall–Kier alpha value is -3.16. The summed E-state index contributed by atoms with van der Waals surface area (Å²) < 4.78 is 20.3. The van der Waals surface area contributed by atoms with Crippen LogP contribution in [0.25, 0.3) is 0 Å². The van der Waals surface area contributed by atoms with Gasteiger partial charge < -0.3 is 20.1 Å². The fourth-order valence-corrected chi connectivity index (χ4v) is 4.85. The molecule has 7 nitrogen and oxygen atoms in total. The van der Waals surface area contributed by atoms with Crippen molar-refractivity contribution in [3.8, 4) is 5.75 Å². The number of piperidine rings is 1. The van der Waals surface area contributed by atoms with Gasteiger partial charge in [-0.2, -0.15) is 0 Å². The van der Waals surface area contributed by atoms with E-state index in [0.717, 1.165) is 19.3 Å². The molecular formula is C23H26FN3O4. The molecular weight excluding hydrogens is 401 g/mol. The van der Waals surface area contributed by atoms with Crippen LogP contribution in [0.15, 0.2) is 36.5 Å². The quantitative estimate of drug-likeness (QED) is 0.726. The Morgan fingerprint density at radius 2 is 2.06 bits per heavy atom. The first-order chi connectivity index (χ1) is 15.0. The standard InChI is InChI=1S/C23H26FN3O4/c1-31-16-13-18-20(25-14-16)26-21(28)23(18,17-6-2-3-7-19(17)24)10-4-5-15-8-11-27(12-9-15)22(29)30/h2-3,6-7,13-15H,4-5,8-12H2,1H3,(H,29,30)(H,25,26,28). The highest BCUT2D eigenvalue weighted by molar-refractivity contribution is 6.08. The molecule has 4 rings (SSSR count). The van der Waals surface area contributed by atoms with Crippen LogP contribution in [0.2, 0.25) is 0 Å². The number of aromatic nitrogens is 1. The number of likely N-dealkylation sites (tertiary alicyclic amines) is 1. The number of nitrogens with zero attached hydrogens (tertiary/aromatic N) is 2. The number of methoxy groups -OCH3 is 1. The maximum absolute atomic E-state index is 14.9. The van der Waals surface area contributed by atoms with Gasteiger partial charge in [-0.15, -0.1) is 0 Å². The first kappa shape index (κ1) is 21.1. The lowest BCUT2D eigenvalue weighted by Crippen LogP contribution is -2.38. The number of rotatable bonds is 6. The summed E-state index contributed by atoms with van der Waals surface area (Å²) in [5.41, 5.74) is -0.214. The predicted molar refractivity (Wildman–Crippen MR) is 113 cm³/mol. The number of fused-ring (bicyclic) bond motifs is 1. The van der Waals surface area contributed by atoms with Gasteiger partial charge in [-0.25, -0.2) is 14.2 Å². The van der Waals surface area contributed by atoms with Crippen LogP contribution in [0, 0.1) is 11.7 Å². The fraction of sp³-hybridized carbons (Fsp3) is 0.435. The summed E-state index contributed by atoms with van der Waals surface area (Å²) in [5.74, 6) is 0.624. The minimum atomic E-state index is -1.18. The molecule has 2 aromatic rings. The molecule has 2 amide bonds. The van der Waals surface area contributed by atoms with E-state index in [9.17, 15) is 14.0 Å². The third-order valence-corrected chi connectivity index (χ3v) is 6.56. The van der Waals surface area contributed by atoms with Gasteiger partial charge in [0.2, 0.25) is 5.91 Å². The Balaban J connectivity index is 1.60. The van der Waals surface area contributed by atoms with Crippen molar-refractivity contribution in [1.82, 2.24) is 9.88 Å². The molecule has 2 N–H and O–H groups in total. The normalized spacial score (nSPS) is 21.0. The van der Waals surface area contributed by atoms with Crippen molar-refractivity contribution in [1.29, 1.82) is 0 Å². The molecule has 1 aromatic heterocycles. The lowest BCUT2D eigenvalue weighted by Gasteiger charge is -2.32. The number of carbonyl (C=O) groups is 2. The summed E-state index contributed by atoms with van der Waals surface area (Å²) in [6.45, 7) is 1.06. The van der Waals surface area contributed by atoms with Crippen molar-refractivity contribution in [3.63, 3.8) is 0 Å². The zero-order valence-corrected chi connectivity index (χ0v) is 17.4. The number of hydrogen-bond donors (Lipinski definition) is 2.